The van der Waals surface area contributed by atoms with Crippen LogP contribution in [0, 0.1) is 5.82 Å². The van der Waals surface area contributed by atoms with Crippen LogP contribution < -0.4 is 10.6 Å². The van der Waals surface area contributed by atoms with Crippen molar-refractivity contribution in [1.82, 2.24) is 20.2 Å². The molecule has 1 atom stereocenters. The minimum Gasteiger partial charge on any atom is -0.366 e. The maximum Gasteiger partial charge on any atom is 0.266 e. The van der Waals surface area contributed by atoms with Gasteiger partial charge in [0.2, 0.25) is 11.2 Å². The molecule has 2 N–H and O–H groups in total. The third-order valence-electron chi connectivity index (χ3n) is 5.45. The molecule has 1 aromatic heterocycles. The van der Waals surface area contributed by atoms with Crippen LogP contribution in [0.25, 0.3) is 0 Å². The third kappa shape index (κ3) is 7.30. The fourth-order valence-corrected chi connectivity index (χ4v) is 3.89. The molecule has 0 radical (unpaired) electrons. The zero-order valence-electron chi connectivity index (χ0n) is 19.4. The molecule has 182 valence electrons. The van der Waals surface area contributed by atoms with E-state index < -0.39 is 17.8 Å². The number of carbonyl (C=O) groups excluding carboxylic acids is 1. The summed E-state index contributed by atoms with van der Waals surface area (Å²) >= 11 is 5.90. The molecule has 1 aliphatic rings. The van der Waals surface area contributed by atoms with Crippen molar-refractivity contribution in [2.75, 3.05) is 25.0 Å². The Balaban J connectivity index is 0.000000321. The lowest BCUT2D eigenvalue weighted by molar-refractivity contribution is -0.131. The predicted molar refractivity (Wildman–Crippen MR) is 124 cm³/mol. The van der Waals surface area contributed by atoms with E-state index in [1.807, 2.05) is 18.7 Å². The number of hydrogen-bond acceptors (Lipinski definition) is 5. The summed E-state index contributed by atoms with van der Waals surface area (Å²) in [4.78, 5) is 21.1. The Labute approximate surface area is 197 Å². The Morgan fingerprint density at radius 2 is 2.03 bits per heavy atom. The molecule has 0 spiro atoms. The topological polar surface area (TPSA) is 70.2 Å². The summed E-state index contributed by atoms with van der Waals surface area (Å²) in [6, 6.07) is 4.32. The highest BCUT2D eigenvalue weighted by Crippen LogP contribution is 2.25. The smallest absolute Gasteiger partial charge is 0.266 e. The van der Waals surface area contributed by atoms with Gasteiger partial charge in [-0.05, 0) is 31.4 Å². The Bertz CT molecular complexity index is 945. The van der Waals surface area contributed by atoms with E-state index in [-0.39, 0.29) is 23.3 Å². The van der Waals surface area contributed by atoms with E-state index in [1.165, 1.54) is 12.1 Å². The zero-order chi connectivity index (χ0) is 24.5. The standard InChI is InChI=1S/C16H17ClF3N3.C7H14N2O/c1-3-10-12(4-2)22-16(17)23-15(10)21-8-9-6-5-7-11(13(9)18)14(19)20;1-6-5-8-3-4-9(6)7(2)10/h5-7,14H,3-4,8H2,1-2H3,(H,21,22,23);6,8H,3-5H2,1-2H3. The van der Waals surface area contributed by atoms with Gasteiger partial charge < -0.3 is 15.5 Å². The van der Waals surface area contributed by atoms with Crippen molar-refractivity contribution in [3.8, 4) is 0 Å². The number of aryl methyl sites for hydroxylation is 1. The van der Waals surface area contributed by atoms with Crippen LogP contribution in [-0.4, -0.2) is 46.5 Å². The van der Waals surface area contributed by atoms with Crippen LogP contribution in [0.1, 0.15) is 56.5 Å². The lowest BCUT2D eigenvalue weighted by Crippen LogP contribution is -2.51. The monoisotopic (exact) mass is 485 g/mol. The number of carbonyl (C=O) groups is 1. The Kier molecular flexibility index (Phi) is 10.4. The minimum absolute atomic E-state index is 0.0376. The zero-order valence-corrected chi connectivity index (χ0v) is 20.1. The lowest BCUT2D eigenvalue weighted by Gasteiger charge is -2.32. The molecule has 6 nitrogen and oxygen atoms in total. The minimum atomic E-state index is -2.85. The molecule has 0 aliphatic carbocycles. The number of aromatic nitrogens is 2. The Morgan fingerprint density at radius 3 is 2.58 bits per heavy atom. The van der Waals surface area contributed by atoms with E-state index in [0.29, 0.717) is 24.7 Å². The molecule has 0 bridgehead atoms. The maximum absolute atomic E-state index is 14.1. The van der Waals surface area contributed by atoms with E-state index in [4.69, 9.17) is 11.6 Å². The molecule has 2 aromatic rings. The van der Waals surface area contributed by atoms with Gasteiger partial charge in [-0.15, -0.1) is 0 Å². The van der Waals surface area contributed by atoms with Crippen molar-refractivity contribution in [2.45, 2.75) is 59.5 Å². The second-order valence-corrected chi connectivity index (χ2v) is 8.05. The molecule has 2 heterocycles. The summed E-state index contributed by atoms with van der Waals surface area (Å²) in [5, 5.41) is 6.31. The van der Waals surface area contributed by atoms with Crippen molar-refractivity contribution in [1.29, 1.82) is 0 Å². The van der Waals surface area contributed by atoms with Gasteiger partial charge in [-0.1, -0.05) is 32.0 Å². The van der Waals surface area contributed by atoms with Crippen molar-refractivity contribution in [3.05, 3.63) is 51.7 Å². The average Bonchev–Trinajstić information content (AvgIpc) is 2.78. The van der Waals surface area contributed by atoms with Crippen molar-refractivity contribution >= 4 is 23.3 Å². The maximum atomic E-state index is 14.1. The van der Waals surface area contributed by atoms with Crippen LogP contribution in [0.5, 0.6) is 0 Å². The van der Waals surface area contributed by atoms with Crippen LogP contribution in [0.4, 0.5) is 19.0 Å². The van der Waals surface area contributed by atoms with Crippen molar-refractivity contribution in [3.63, 3.8) is 0 Å². The summed E-state index contributed by atoms with van der Waals surface area (Å²) in [7, 11) is 0. The van der Waals surface area contributed by atoms with E-state index in [2.05, 4.69) is 27.5 Å². The van der Waals surface area contributed by atoms with E-state index in [9.17, 15) is 18.0 Å². The van der Waals surface area contributed by atoms with Crippen LogP contribution in [0.3, 0.4) is 0 Å². The highest BCUT2D eigenvalue weighted by Gasteiger charge is 2.19. The molecule has 1 saturated heterocycles. The molecule has 1 aliphatic heterocycles. The summed E-state index contributed by atoms with van der Waals surface area (Å²) < 4.78 is 39.5. The summed E-state index contributed by atoms with van der Waals surface area (Å²) in [6.07, 6.45) is -1.47. The highest BCUT2D eigenvalue weighted by atomic mass is 35.5. The number of rotatable bonds is 6. The van der Waals surface area contributed by atoms with Gasteiger partial charge in [0.1, 0.15) is 11.6 Å². The normalized spacial score (nSPS) is 15.8. The molecule has 1 fully saturated rings. The molecule has 0 saturated carbocycles. The van der Waals surface area contributed by atoms with Crippen LogP contribution >= 0.6 is 11.6 Å². The van der Waals surface area contributed by atoms with Gasteiger partial charge in [-0.3, -0.25) is 4.79 Å². The van der Waals surface area contributed by atoms with E-state index in [1.54, 1.807) is 6.92 Å². The second-order valence-electron chi connectivity index (χ2n) is 7.71. The largest absolute Gasteiger partial charge is 0.366 e. The third-order valence-corrected chi connectivity index (χ3v) is 5.62. The van der Waals surface area contributed by atoms with Gasteiger partial charge in [0.15, 0.2) is 0 Å². The number of amides is 1. The van der Waals surface area contributed by atoms with Gasteiger partial charge in [-0.2, -0.15) is 0 Å². The molecule has 1 amide bonds. The Hall–Kier alpha value is -2.39. The highest BCUT2D eigenvalue weighted by molar-refractivity contribution is 6.28. The van der Waals surface area contributed by atoms with E-state index >= 15 is 0 Å². The van der Waals surface area contributed by atoms with Gasteiger partial charge in [0, 0.05) is 50.3 Å². The molecule has 10 heteroatoms. The number of alkyl halides is 2. The number of nitrogens with zero attached hydrogens (tertiary/aromatic N) is 3. The van der Waals surface area contributed by atoms with Crippen molar-refractivity contribution < 1.29 is 18.0 Å². The SMILES string of the molecule is CC(=O)N1CCNCC1C.CCc1nc(Cl)nc(NCc2cccc(C(F)F)c2F)c1CC. The van der Waals surface area contributed by atoms with Crippen LogP contribution in [0.15, 0.2) is 18.2 Å². The Morgan fingerprint density at radius 1 is 1.30 bits per heavy atom. The first-order valence-electron chi connectivity index (χ1n) is 11.0. The first kappa shape index (κ1) is 26.9. The number of piperazine rings is 1. The molecule has 1 aromatic carbocycles. The molecular weight excluding hydrogens is 455 g/mol. The molecule has 3 rings (SSSR count). The number of anilines is 1. The van der Waals surface area contributed by atoms with Gasteiger partial charge in [0.05, 0.1) is 11.3 Å². The first-order chi connectivity index (χ1) is 15.7. The van der Waals surface area contributed by atoms with Crippen LogP contribution in [-0.2, 0) is 24.2 Å². The summed E-state index contributed by atoms with van der Waals surface area (Å²) in [5.74, 6) is -0.205. The van der Waals surface area contributed by atoms with Crippen LogP contribution in [0.2, 0.25) is 5.28 Å². The number of hydrogen-bond donors (Lipinski definition) is 2. The summed E-state index contributed by atoms with van der Waals surface area (Å²) in [6.45, 7) is 10.4. The predicted octanol–water partition coefficient (Wildman–Crippen LogP) is 4.77. The fourth-order valence-electron chi connectivity index (χ4n) is 3.70. The van der Waals surface area contributed by atoms with Crippen molar-refractivity contribution in [2.24, 2.45) is 0 Å². The van der Waals surface area contributed by atoms with E-state index in [0.717, 1.165) is 37.0 Å². The van der Waals surface area contributed by atoms with Gasteiger partial charge in [-0.25, -0.2) is 23.1 Å². The quantitative estimate of drug-likeness (QED) is 0.577. The molecule has 1 unspecified atom stereocenters. The van der Waals surface area contributed by atoms with Gasteiger partial charge in [0.25, 0.3) is 6.43 Å². The summed E-state index contributed by atoms with van der Waals surface area (Å²) in [5.41, 5.74) is 1.26. The lowest BCUT2D eigenvalue weighted by atomic mass is 10.1. The average molecular weight is 486 g/mol. The first-order valence-corrected chi connectivity index (χ1v) is 11.4. The fraction of sp³-hybridized carbons (Fsp3) is 0.522. The molecular formula is C23H31ClF3N5O. The number of halogens is 4. The van der Waals surface area contributed by atoms with Gasteiger partial charge >= 0.3 is 0 Å². The second kappa shape index (κ2) is 12.7. The number of nitrogens with one attached hydrogen (secondary N) is 2. The number of benzene rings is 1. The molecule has 33 heavy (non-hydrogen) atoms.